The molecular weight excluding hydrogens is 423 g/mol. The van der Waals surface area contributed by atoms with Gasteiger partial charge in [-0.3, -0.25) is 0 Å². The number of benzene rings is 2. The maximum atomic E-state index is 9.38. The van der Waals surface area contributed by atoms with Gasteiger partial charge in [-0.1, -0.05) is 49.2 Å². The summed E-state index contributed by atoms with van der Waals surface area (Å²) in [5, 5.41) is 19.1. The summed E-state index contributed by atoms with van der Waals surface area (Å²) in [4.78, 5) is 0. The van der Waals surface area contributed by atoms with Gasteiger partial charge in [0.25, 0.3) is 0 Å². The topological polar surface area (TPSA) is 58.9 Å². The highest BCUT2D eigenvalue weighted by atomic mass is 35.5. The first-order valence-electron chi connectivity index (χ1n) is 8.81. The number of aliphatic hydroxyl groups excluding tert-OH is 2. The van der Waals surface area contributed by atoms with Crippen LogP contribution in [0.5, 0.6) is 11.5 Å². The number of alkyl halides is 1. The second-order valence-electron chi connectivity index (χ2n) is 6.82. The molecule has 0 aliphatic carbocycles. The number of rotatable bonds is 10. The Kier molecular flexibility index (Phi) is 8.72. The van der Waals surface area contributed by atoms with Crippen molar-refractivity contribution in [3.8, 4) is 11.5 Å². The van der Waals surface area contributed by atoms with E-state index < -0.39 is 6.10 Å². The number of hydrogen-bond donors (Lipinski definition) is 2. The Hall–Kier alpha value is -1.17. The molecule has 0 spiro atoms. The fourth-order valence-corrected chi connectivity index (χ4v) is 3.31. The summed E-state index contributed by atoms with van der Waals surface area (Å²) < 4.78 is 11.0. The highest BCUT2D eigenvalue weighted by Crippen LogP contribution is 2.40. The van der Waals surface area contributed by atoms with Crippen molar-refractivity contribution in [3.63, 3.8) is 0 Å². The first-order valence-corrected chi connectivity index (χ1v) is 10.1. The van der Waals surface area contributed by atoms with Gasteiger partial charge in [0.15, 0.2) is 5.75 Å². The van der Waals surface area contributed by atoms with Crippen molar-refractivity contribution in [1.29, 1.82) is 0 Å². The Morgan fingerprint density at radius 1 is 1.04 bits per heavy atom. The number of aliphatic hydroxyl groups is 2. The van der Waals surface area contributed by atoms with Crippen molar-refractivity contribution < 1.29 is 19.7 Å². The second-order valence-corrected chi connectivity index (χ2v) is 7.94. The highest BCUT2D eigenvalue weighted by molar-refractivity contribution is 6.37. The van der Waals surface area contributed by atoms with Gasteiger partial charge in [0.2, 0.25) is 0 Å². The molecule has 0 heterocycles. The quantitative estimate of drug-likeness (QED) is 0.404. The van der Waals surface area contributed by atoms with Crippen LogP contribution in [-0.4, -0.2) is 42.0 Å². The molecule has 2 N–H and O–H groups in total. The smallest absolute Gasteiger partial charge is 0.156 e. The molecule has 0 aromatic heterocycles. The predicted molar refractivity (Wildman–Crippen MR) is 114 cm³/mol. The summed E-state index contributed by atoms with van der Waals surface area (Å²) in [6.45, 7) is 4.17. The SMILES string of the molecule is CC(C)(c1ccc(OC[C@H](O)CO)cc1)c1cc(Cl)c(OC[CH]CCl)c(Cl)c1. The van der Waals surface area contributed by atoms with E-state index in [-0.39, 0.29) is 18.6 Å². The van der Waals surface area contributed by atoms with Crippen LogP contribution < -0.4 is 9.47 Å². The van der Waals surface area contributed by atoms with Crippen molar-refractivity contribution in [2.75, 3.05) is 25.7 Å². The largest absolute Gasteiger partial charge is 0.491 e. The lowest BCUT2D eigenvalue weighted by molar-refractivity contribution is 0.0536. The Bertz CT molecular complexity index is 740. The zero-order valence-electron chi connectivity index (χ0n) is 15.8. The third-order valence-electron chi connectivity index (χ3n) is 4.40. The molecule has 0 saturated heterocycles. The van der Waals surface area contributed by atoms with Gasteiger partial charge in [-0.25, -0.2) is 0 Å². The van der Waals surface area contributed by atoms with Gasteiger partial charge in [-0.05, 0) is 35.4 Å². The molecule has 28 heavy (non-hydrogen) atoms. The lowest BCUT2D eigenvalue weighted by Gasteiger charge is -2.27. The van der Waals surface area contributed by atoms with Crippen LogP contribution in [0.25, 0.3) is 0 Å². The monoisotopic (exact) mass is 445 g/mol. The van der Waals surface area contributed by atoms with Crippen LogP contribution in [0, 0.1) is 6.42 Å². The molecule has 0 bridgehead atoms. The van der Waals surface area contributed by atoms with Crippen LogP contribution in [-0.2, 0) is 5.41 Å². The summed E-state index contributed by atoms with van der Waals surface area (Å²) in [6.07, 6.45) is 0.873. The van der Waals surface area contributed by atoms with E-state index in [1.165, 1.54) is 0 Å². The first-order chi connectivity index (χ1) is 13.3. The third-order valence-corrected chi connectivity index (χ3v) is 5.18. The molecular formula is C21H24Cl3O4. The van der Waals surface area contributed by atoms with Crippen LogP contribution in [0.15, 0.2) is 36.4 Å². The van der Waals surface area contributed by atoms with Crippen LogP contribution >= 0.6 is 34.8 Å². The zero-order chi connectivity index (χ0) is 20.7. The summed E-state index contributed by atoms with van der Waals surface area (Å²) in [7, 11) is 0. The van der Waals surface area contributed by atoms with Crippen molar-refractivity contribution in [2.24, 2.45) is 0 Å². The van der Waals surface area contributed by atoms with Gasteiger partial charge < -0.3 is 19.7 Å². The Balaban J connectivity index is 2.19. The van der Waals surface area contributed by atoms with Crippen molar-refractivity contribution in [2.45, 2.75) is 25.4 Å². The minimum Gasteiger partial charge on any atom is -0.491 e. The van der Waals surface area contributed by atoms with E-state index in [9.17, 15) is 5.11 Å². The second kappa shape index (κ2) is 10.6. The van der Waals surface area contributed by atoms with Crippen molar-refractivity contribution in [1.82, 2.24) is 0 Å². The average molecular weight is 447 g/mol. The lowest BCUT2D eigenvalue weighted by atomic mass is 9.78. The third kappa shape index (κ3) is 5.91. The maximum absolute atomic E-state index is 9.38. The Morgan fingerprint density at radius 2 is 1.64 bits per heavy atom. The van der Waals surface area contributed by atoms with Crippen LogP contribution in [0.1, 0.15) is 25.0 Å². The molecule has 1 radical (unpaired) electrons. The summed E-state index contributed by atoms with van der Waals surface area (Å²) in [6, 6.07) is 11.2. The summed E-state index contributed by atoms with van der Waals surface area (Å²) in [5.74, 6) is 1.44. The van der Waals surface area contributed by atoms with E-state index in [0.717, 1.165) is 11.1 Å². The van der Waals surface area contributed by atoms with Crippen LogP contribution in [0.4, 0.5) is 0 Å². The van der Waals surface area contributed by atoms with Crippen LogP contribution in [0.2, 0.25) is 10.0 Å². The normalized spacial score (nSPS) is 12.7. The minimum absolute atomic E-state index is 0.0348. The molecule has 2 aromatic carbocycles. The van der Waals surface area contributed by atoms with E-state index in [1.54, 1.807) is 6.42 Å². The van der Waals surface area contributed by atoms with E-state index >= 15 is 0 Å². The molecule has 0 fully saturated rings. The fraction of sp³-hybridized carbons (Fsp3) is 0.381. The van der Waals surface area contributed by atoms with E-state index in [0.29, 0.717) is 34.0 Å². The Labute approximate surface area is 180 Å². The summed E-state index contributed by atoms with van der Waals surface area (Å²) >= 11 is 18.4. The fourth-order valence-electron chi connectivity index (χ4n) is 2.63. The molecule has 7 heteroatoms. The van der Waals surface area contributed by atoms with Crippen molar-refractivity contribution >= 4 is 34.8 Å². The molecule has 2 rings (SSSR count). The van der Waals surface area contributed by atoms with E-state index in [2.05, 4.69) is 13.8 Å². The van der Waals surface area contributed by atoms with Gasteiger partial charge in [-0.2, -0.15) is 0 Å². The summed E-state index contributed by atoms with van der Waals surface area (Å²) in [5.41, 5.74) is 1.62. The van der Waals surface area contributed by atoms with Gasteiger partial charge in [-0.15, -0.1) is 11.6 Å². The molecule has 0 amide bonds. The Morgan fingerprint density at radius 3 is 2.18 bits per heavy atom. The molecule has 4 nitrogen and oxygen atoms in total. The first kappa shape index (κ1) is 23.1. The molecule has 0 aliphatic rings. The number of halogens is 3. The molecule has 0 saturated carbocycles. The standard InChI is InChI=1S/C21H24Cl3O4/c1-21(2,14-4-6-17(7-5-14)28-13-16(26)12-25)15-10-18(23)20(19(24)11-15)27-9-3-8-22/h3-7,10-11,16,25-26H,8-9,12-13H2,1-2H3/t16-/m1/s1. The minimum atomic E-state index is -0.900. The van der Waals surface area contributed by atoms with Gasteiger partial charge in [0.1, 0.15) is 18.5 Å². The lowest BCUT2D eigenvalue weighted by Crippen LogP contribution is -2.21. The van der Waals surface area contributed by atoms with Gasteiger partial charge in [0.05, 0.1) is 23.3 Å². The predicted octanol–water partition coefficient (Wildman–Crippen LogP) is 4.87. The zero-order valence-corrected chi connectivity index (χ0v) is 18.1. The molecule has 2 aromatic rings. The molecule has 153 valence electrons. The molecule has 0 unspecified atom stereocenters. The van der Waals surface area contributed by atoms with Gasteiger partial charge in [0, 0.05) is 17.7 Å². The maximum Gasteiger partial charge on any atom is 0.156 e. The molecule has 0 aliphatic heterocycles. The van der Waals surface area contributed by atoms with E-state index in [1.807, 2.05) is 36.4 Å². The van der Waals surface area contributed by atoms with E-state index in [4.69, 9.17) is 49.4 Å². The van der Waals surface area contributed by atoms with Crippen molar-refractivity contribution in [3.05, 3.63) is 64.0 Å². The number of ether oxygens (including phenoxy) is 2. The van der Waals surface area contributed by atoms with Crippen LogP contribution in [0.3, 0.4) is 0 Å². The highest BCUT2D eigenvalue weighted by Gasteiger charge is 2.25. The molecule has 1 atom stereocenters. The average Bonchev–Trinajstić information content (AvgIpc) is 2.68. The number of hydrogen-bond acceptors (Lipinski definition) is 4. The van der Waals surface area contributed by atoms with Gasteiger partial charge >= 0.3 is 0 Å².